The molecule has 3 aliphatic rings. The molecule has 36 heavy (non-hydrogen) atoms. The Morgan fingerprint density at radius 1 is 1.06 bits per heavy atom. The first-order chi connectivity index (χ1) is 16.7. The number of carbonyl (C=O) groups excluding carboxylic acids is 2. The van der Waals surface area contributed by atoms with E-state index in [1.165, 1.54) is 12.2 Å². The zero-order valence-electron chi connectivity index (χ0n) is 19.2. The Balaban J connectivity index is 1.61. The van der Waals surface area contributed by atoms with Gasteiger partial charge in [0, 0.05) is 12.5 Å². The number of rotatable bonds is 5. The SMILES string of the molecule is CC1(C2CC(=O)C(=O)N2)CC[C@H](OCc2cc(C(F)(F)F)cc(C(F)(F)F)c2)[C@H]1C1C=CC(F)=CC1. The molecule has 11 heteroatoms. The number of alkyl halides is 6. The Bertz CT molecular complexity index is 1060. The van der Waals surface area contributed by atoms with Crippen molar-refractivity contribution in [2.24, 2.45) is 17.3 Å². The van der Waals surface area contributed by atoms with Crippen molar-refractivity contribution >= 4 is 11.7 Å². The molecule has 0 aromatic heterocycles. The first-order valence-corrected chi connectivity index (χ1v) is 11.5. The molecule has 0 radical (unpaired) electrons. The molecule has 1 aromatic carbocycles. The van der Waals surface area contributed by atoms with Gasteiger partial charge in [0.25, 0.3) is 5.91 Å². The predicted molar refractivity (Wildman–Crippen MR) is 114 cm³/mol. The van der Waals surface area contributed by atoms with Gasteiger partial charge in [-0.05, 0) is 72.4 Å². The topological polar surface area (TPSA) is 55.4 Å². The molecule has 1 N–H and O–H groups in total. The highest BCUT2D eigenvalue weighted by Crippen LogP contribution is 2.53. The van der Waals surface area contributed by atoms with Gasteiger partial charge in [-0.3, -0.25) is 9.59 Å². The summed E-state index contributed by atoms with van der Waals surface area (Å²) in [6.07, 6.45) is -5.02. The monoisotopic (exact) mass is 519 g/mol. The van der Waals surface area contributed by atoms with Crippen molar-refractivity contribution in [1.29, 1.82) is 0 Å². The lowest BCUT2D eigenvalue weighted by atomic mass is 9.66. The highest BCUT2D eigenvalue weighted by atomic mass is 19.4. The normalized spacial score (nSPS) is 31.1. The number of nitrogens with one attached hydrogen (secondary N) is 1. The largest absolute Gasteiger partial charge is 0.416 e. The van der Waals surface area contributed by atoms with Crippen LogP contribution in [0.4, 0.5) is 30.7 Å². The van der Waals surface area contributed by atoms with Crippen LogP contribution in [0.25, 0.3) is 0 Å². The van der Waals surface area contributed by atoms with Crippen molar-refractivity contribution in [1.82, 2.24) is 5.32 Å². The minimum Gasteiger partial charge on any atom is -0.373 e. The number of Topliss-reactive ketones (excluding diaryl/α,β-unsaturated/α-hetero) is 1. The third kappa shape index (κ3) is 5.21. The molecule has 2 fully saturated rings. The number of amides is 1. The maximum absolute atomic E-state index is 13.6. The Labute approximate surface area is 202 Å². The summed E-state index contributed by atoms with van der Waals surface area (Å²) in [7, 11) is 0. The van der Waals surface area contributed by atoms with Crippen molar-refractivity contribution in [3.63, 3.8) is 0 Å². The molecule has 1 amide bonds. The second-order valence-corrected chi connectivity index (χ2v) is 9.83. The van der Waals surface area contributed by atoms with Crippen LogP contribution in [0.15, 0.2) is 42.3 Å². The fraction of sp³-hybridized carbons (Fsp3) is 0.520. The molecule has 1 heterocycles. The number of hydrogen-bond donors (Lipinski definition) is 1. The Morgan fingerprint density at radius 2 is 1.69 bits per heavy atom. The maximum atomic E-state index is 13.6. The van der Waals surface area contributed by atoms with Crippen LogP contribution in [-0.2, 0) is 33.3 Å². The van der Waals surface area contributed by atoms with Gasteiger partial charge in [-0.1, -0.05) is 13.0 Å². The first kappa shape index (κ1) is 26.4. The molecule has 196 valence electrons. The lowest BCUT2D eigenvalue weighted by molar-refractivity contribution is -0.143. The van der Waals surface area contributed by atoms with Crippen LogP contribution in [0.1, 0.15) is 49.3 Å². The molecule has 0 bridgehead atoms. The van der Waals surface area contributed by atoms with Crippen LogP contribution >= 0.6 is 0 Å². The predicted octanol–water partition coefficient (Wildman–Crippen LogP) is 5.91. The molecule has 5 atom stereocenters. The van der Waals surface area contributed by atoms with Crippen molar-refractivity contribution in [2.45, 2.75) is 63.7 Å². The smallest absolute Gasteiger partial charge is 0.373 e. The van der Waals surface area contributed by atoms with Crippen LogP contribution in [0.3, 0.4) is 0 Å². The molecule has 1 aliphatic heterocycles. The number of carbonyl (C=O) groups is 2. The molecule has 1 saturated heterocycles. The van der Waals surface area contributed by atoms with E-state index in [-0.39, 0.29) is 29.9 Å². The van der Waals surface area contributed by atoms with Crippen LogP contribution in [0.2, 0.25) is 0 Å². The van der Waals surface area contributed by atoms with E-state index in [9.17, 15) is 40.3 Å². The fourth-order valence-electron chi connectivity index (χ4n) is 5.73. The summed E-state index contributed by atoms with van der Waals surface area (Å²) < 4.78 is 99.0. The average molecular weight is 519 g/mol. The van der Waals surface area contributed by atoms with Crippen LogP contribution in [-0.4, -0.2) is 23.8 Å². The van der Waals surface area contributed by atoms with Crippen molar-refractivity contribution in [3.05, 3.63) is 58.9 Å². The van der Waals surface area contributed by atoms with Gasteiger partial charge in [0.1, 0.15) is 5.83 Å². The van der Waals surface area contributed by atoms with E-state index in [1.54, 1.807) is 6.08 Å². The molecule has 2 aliphatic carbocycles. The van der Waals surface area contributed by atoms with Gasteiger partial charge < -0.3 is 10.1 Å². The number of allylic oxidation sites excluding steroid dienone is 4. The second kappa shape index (κ2) is 9.32. The number of ether oxygens (including phenoxy) is 1. The van der Waals surface area contributed by atoms with Crippen molar-refractivity contribution in [2.75, 3.05) is 0 Å². The van der Waals surface area contributed by atoms with Crippen molar-refractivity contribution < 1.29 is 45.1 Å². The van der Waals surface area contributed by atoms with Crippen LogP contribution in [0.5, 0.6) is 0 Å². The number of benzene rings is 1. The average Bonchev–Trinajstić information content (AvgIpc) is 3.31. The maximum Gasteiger partial charge on any atom is 0.416 e. The van der Waals surface area contributed by atoms with Gasteiger partial charge in [0.05, 0.1) is 23.8 Å². The van der Waals surface area contributed by atoms with E-state index in [0.717, 1.165) is 0 Å². The van der Waals surface area contributed by atoms with E-state index in [2.05, 4.69) is 5.32 Å². The van der Waals surface area contributed by atoms with Crippen molar-refractivity contribution in [3.8, 4) is 0 Å². The third-order valence-corrected chi connectivity index (χ3v) is 7.53. The van der Waals surface area contributed by atoms with Gasteiger partial charge in [-0.15, -0.1) is 0 Å². The lowest BCUT2D eigenvalue weighted by Crippen LogP contribution is -2.47. The second-order valence-electron chi connectivity index (χ2n) is 9.83. The van der Waals surface area contributed by atoms with Crippen LogP contribution < -0.4 is 5.32 Å². The molecule has 4 nitrogen and oxygen atoms in total. The summed E-state index contributed by atoms with van der Waals surface area (Å²) >= 11 is 0. The van der Waals surface area contributed by atoms with E-state index in [4.69, 9.17) is 4.74 Å². The third-order valence-electron chi connectivity index (χ3n) is 7.53. The quantitative estimate of drug-likeness (QED) is 0.389. The molecule has 1 aromatic rings. The lowest BCUT2D eigenvalue weighted by Gasteiger charge is -2.42. The molecule has 1 saturated carbocycles. The molecule has 3 unspecified atom stereocenters. The Morgan fingerprint density at radius 3 is 2.19 bits per heavy atom. The highest BCUT2D eigenvalue weighted by Gasteiger charge is 2.55. The summed E-state index contributed by atoms with van der Waals surface area (Å²) in [5.74, 6) is -2.31. The highest BCUT2D eigenvalue weighted by molar-refractivity contribution is 6.38. The Kier molecular flexibility index (Phi) is 6.83. The minimum atomic E-state index is -4.97. The molecular weight excluding hydrogens is 495 g/mol. The van der Waals surface area contributed by atoms with Crippen LogP contribution in [0, 0.1) is 17.3 Å². The summed E-state index contributed by atoms with van der Waals surface area (Å²) in [5, 5.41) is 2.70. The van der Waals surface area contributed by atoms with E-state index in [1.807, 2.05) is 6.92 Å². The summed E-state index contributed by atoms with van der Waals surface area (Å²) in [6, 6.07) is 0.817. The number of halogens is 7. The molecular formula is C25H24F7NO3. The Hall–Kier alpha value is -2.69. The van der Waals surface area contributed by atoms with E-state index < -0.39 is 65.2 Å². The number of ketones is 1. The van der Waals surface area contributed by atoms with Gasteiger partial charge in [0.2, 0.25) is 5.78 Å². The standard InChI is InChI=1S/C25H24F7NO3/c1-23(20-11-18(34)22(35)33-20)7-6-19(21(23)14-2-4-17(26)5-3-14)36-12-13-8-15(24(27,28)29)10-16(9-13)25(30,31)32/h2,4-5,8-10,14,19-21H,3,6-7,11-12H2,1H3,(H,33,35)/t14?,19-,20?,21+,23?/m0/s1. The first-order valence-electron chi connectivity index (χ1n) is 11.5. The van der Waals surface area contributed by atoms with E-state index >= 15 is 0 Å². The zero-order chi connectivity index (χ0) is 26.5. The van der Waals surface area contributed by atoms with Gasteiger partial charge >= 0.3 is 12.4 Å². The van der Waals surface area contributed by atoms with E-state index in [0.29, 0.717) is 31.4 Å². The summed E-state index contributed by atoms with van der Waals surface area (Å²) in [6.45, 7) is 1.37. The van der Waals surface area contributed by atoms with Gasteiger partial charge in [-0.2, -0.15) is 26.3 Å². The number of hydrogen-bond acceptors (Lipinski definition) is 3. The molecule has 0 spiro atoms. The summed E-state index contributed by atoms with van der Waals surface area (Å²) in [5.41, 5.74) is -3.79. The van der Waals surface area contributed by atoms with Gasteiger partial charge in [0.15, 0.2) is 0 Å². The minimum absolute atomic E-state index is 0.0260. The zero-order valence-corrected chi connectivity index (χ0v) is 19.2. The fourth-order valence-corrected chi connectivity index (χ4v) is 5.73. The van der Waals surface area contributed by atoms with Gasteiger partial charge in [-0.25, -0.2) is 4.39 Å². The summed E-state index contributed by atoms with van der Waals surface area (Å²) in [4.78, 5) is 23.8. The molecule has 4 rings (SSSR count).